The number of benzene rings is 2. The maximum Gasteiger partial charge on any atom is 0.410 e. The van der Waals surface area contributed by atoms with Crippen LogP contribution in [0.1, 0.15) is 52.5 Å². The summed E-state index contributed by atoms with van der Waals surface area (Å²) >= 11 is 6.01. The normalized spacial score (nSPS) is 12.7. The van der Waals surface area contributed by atoms with Gasteiger partial charge in [0.1, 0.15) is 22.0 Å². The summed E-state index contributed by atoms with van der Waals surface area (Å²) in [5, 5.41) is 2.78. The molecule has 1 unspecified atom stereocenters. The zero-order valence-electron chi connectivity index (χ0n) is 19.0. The molecule has 0 aromatic heterocycles. The number of halogens is 1. The van der Waals surface area contributed by atoms with Crippen LogP contribution in [0.3, 0.4) is 0 Å². The summed E-state index contributed by atoms with van der Waals surface area (Å²) in [5.41, 5.74) is 0.0787. The summed E-state index contributed by atoms with van der Waals surface area (Å²) in [6.45, 7) is 9.14. The lowest BCUT2D eigenvalue weighted by atomic mass is 10.2. The van der Waals surface area contributed by atoms with Crippen LogP contribution in [0.5, 0.6) is 11.5 Å². The van der Waals surface area contributed by atoms with Crippen molar-refractivity contribution in [1.29, 1.82) is 0 Å². The molecule has 0 fully saturated rings. The van der Waals surface area contributed by atoms with Crippen LogP contribution in [-0.4, -0.2) is 26.3 Å². The van der Waals surface area contributed by atoms with E-state index in [1.165, 1.54) is 18.2 Å². The summed E-state index contributed by atoms with van der Waals surface area (Å²) < 4.78 is 41.9. The van der Waals surface area contributed by atoms with Crippen molar-refractivity contribution in [3.05, 3.63) is 53.1 Å². The molecule has 0 saturated carbocycles. The number of hydrogen-bond donors (Lipinski definition) is 1. The average Bonchev–Trinajstić information content (AvgIpc) is 2.63. The Labute approximate surface area is 195 Å². The van der Waals surface area contributed by atoms with Gasteiger partial charge in [-0.2, -0.15) is 8.42 Å². The molecule has 0 aliphatic rings. The van der Waals surface area contributed by atoms with Crippen LogP contribution in [0.4, 0.5) is 4.79 Å². The zero-order valence-corrected chi connectivity index (χ0v) is 20.5. The molecule has 0 aliphatic carbocycles. The van der Waals surface area contributed by atoms with E-state index in [0.717, 1.165) is 18.4 Å². The fraction of sp³-hybridized carbons (Fsp3) is 0.435. The Balaban J connectivity index is 2.22. The van der Waals surface area contributed by atoms with Gasteiger partial charge in [-0.25, -0.2) is 4.79 Å². The predicted molar refractivity (Wildman–Crippen MR) is 124 cm³/mol. The highest BCUT2D eigenvalue weighted by atomic mass is 35.5. The number of carbonyl (C=O) groups excluding carboxylic acids is 1. The highest BCUT2D eigenvalue weighted by molar-refractivity contribution is 7.87. The molecule has 1 amide bonds. The molecule has 1 N–H and O–H groups in total. The molecule has 0 aliphatic heterocycles. The molecule has 7 nitrogen and oxygen atoms in total. The molecule has 0 bridgehead atoms. The lowest BCUT2D eigenvalue weighted by molar-refractivity contribution is 0.0380. The summed E-state index contributed by atoms with van der Waals surface area (Å²) in [7, 11) is -4.14. The molecular formula is C23H30ClNO6S. The Morgan fingerprint density at radius 2 is 1.78 bits per heavy atom. The van der Waals surface area contributed by atoms with Crippen molar-refractivity contribution in [3.63, 3.8) is 0 Å². The van der Waals surface area contributed by atoms with Gasteiger partial charge in [-0.3, -0.25) is 5.32 Å². The second-order valence-corrected chi connectivity index (χ2v) is 10.3. The highest BCUT2D eigenvalue weighted by Crippen LogP contribution is 2.29. The van der Waals surface area contributed by atoms with Gasteiger partial charge in [0.2, 0.25) is 0 Å². The third kappa shape index (κ3) is 8.24. The molecule has 1 atom stereocenters. The molecule has 0 saturated heterocycles. The summed E-state index contributed by atoms with van der Waals surface area (Å²) in [6, 6.07) is 10.8. The molecule has 0 spiro atoms. The van der Waals surface area contributed by atoms with Crippen molar-refractivity contribution >= 4 is 27.8 Å². The minimum Gasteiger partial charge on any atom is -0.470 e. The van der Waals surface area contributed by atoms with Crippen LogP contribution in [-0.2, 0) is 14.9 Å². The largest absolute Gasteiger partial charge is 0.470 e. The monoisotopic (exact) mass is 483 g/mol. The van der Waals surface area contributed by atoms with Gasteiger partial charge in [0.05, 0.1) is 5.02 Å². The number of aryl methyl sites for hydroxylation is 1. The highest BCUT2D eigenvalue weighted by Gasteiger charge is 2.22. The number of hydrogen-bond acceptors (Lipinski definition) is 6. The lowest BCUT2D eigenvalue weighted by Gasteiger charge is -2.24. The van der Waals surface area contributed by atoms with Gasteiger partial charge in [0.25, 0.3) is 0 Å². The topological polar surface area (TPSA) is 90.9 Å². The van der Waals surface area contributed by atoms with Crippen molar-refractivity contribution in [1.82, 2.24) is 5.32 Å². The SMILES string of the molecule is CCCCC(NC(=O)OC(C)(C)C)Oc1cc(C)cc(OS(=O)(=O)c2ccccc2Cl)c1. The van der Waals surface area contributed by atoms with Crippen LogP contribution in [0, 0.1) is 6.92 Å². The van der Waals surface area contributed by atoms with Gasteiger partial charge >= 0.3 is 16.2 Å². The second-order valence-electron chi connectivity index (χ2n) is 8.34. The van der Waals surface area contributed by atoms with Crippen molar-refractivity contribution in [2.45, 2.75) is 70.6 Å². The van der Waals surface area contributed by atoms with Crippen LogP contribution in [0.2, 0.25) is 5.02 Å². The number of unbranched alkanes of at least 4 members (excludes halogenated alkanes) is 1. The van der Waals surface area contributed by atoms with E-state index in [2.05, 4.69) is 5.32 Å². The summed E-state index contributed by atoms with van der Waals surface area (Å²) in [4.78, 5) is 12.1. The molecule has 32 heavy (non-hydrogen) atoms. The first-order valence-corrected chi connectivity index (χ1v) is 12.1. The first-order chi connectivity index (χ1) is 14.9. The standard InChI is InChI=1S/C23H30ClNO6S/c1-6-7-12-21(25-22(26)30-23(3,4)5)29-17-13-16(2)14-18(15-17)31-32(27,28)20-11-9-8-10-19(20)24/h8-11,13-15,21H,6-7,12H2,1-5H3,(H,25,26). The van der Waals surface area contributed by atoms with E-state index in [1.54, 1.807) is 52.0 Å². The fourth-order valence-electron chi connectivity index (χ4n) is 2.80. The minimum absolute atomic E-state index is 0.0674. The average molecular weight is 484 g/mol. The van der Waals surface area contributed by atoms with Crippen LogP contribution in [0.25, 0.3) is 0 Å². The molecule has 9 heteroatoms. The third-order valence-corrected chi connectivity index (χ3v) is 5.86. The van der Waals surface area contributed by atoms with E-state index in [4.69, 9.17) is 25.3 Å². The molecule has 176 valence electrons. The first-order valence-electron chi connectivity index (χ1n) is 10.4. The lowest BCUT2D eigenvalue weighted by Crippen LogP contribution is -2.42. The smallest absolute Gasteiger partial charge is 0.410 e. The van der Waals surface area contributed by atoms with Crippen molar-refractivity contribution < 1.29 is 26.9 Å². The summed E-state index contributed by atoms with van der Waals surface area (Å²) in [6.07, 6.45) is 1.03. The first kappa shape index (κ1) is 25.8. The van der Waals surface area contributed by atoms with Crippen LogP contribution in [0.15, 0.2) is 47.4 Å². The van der Waals surface area contributed by atoms with Crippen LogP contribution < -0.4 is 14.2 Å². The predicted octanol–water partition coefficient (Wildman–Crippen LogP) is 5.84. The van der Waals surface area contributed by atoms with E-state index in [0.29, 0.717) is 12.2 Å². The van der Waals surface area contributed by atoms with Crippen LogP contribution >= 0.6 is 11.6 Å². The van der Waals surface area contributed by atoms with Gasteiger partial charge < -0.3 is 13.7 Å². The quantitative estimate of drug-likeness (QED) is 0.356. The number of nitrogens with one attached hydrogen (secondary N) is 1. The maximum absolute atomic E-state index is 12.7. The van der Waals surface area contributed by atoms with E-state index < -0.39 is 28.0 Å². The molecule has 2 rings (SSSR count). The Bertz CT molecular complexity index is 1030. The maximum atomic E-state index is 12.7. The van der Waals surface area contributed by atoms with Gasteiger partial charge in [0.15, 0.2) is 6.23 Å². The van der Waals surface area contributed by atoms with E-state index in [-0.39, 0.29) is 15.7 Å². The summed E-state index contributed by atoms with van der Waals surface area (Å²) in [5.74, 6) is 0.429. The fourth-order valence-corrected chi connectivity index (χ4v) is 4.21. The molecule has 2 aromatic rings. The number of ether oxygens (including phenoxy) is 2. The van der Waals surface area contributed by atoms with Gasteiger partial charge in [0, 0.05) is 12.5 Å². The molecule has 0 radical (unpaired) electrons. The number of rotatable bonds is 9. The van der Waals surface area contributed by atoms with E-state index >= 15 is 0 Å². The number of carbonyl (C=O) groups is 1. The zero-order chi connectivity index (χ0) is 23.9. The van der Waals surface area contributed by atoms with Crippen molar-refractivity contribution in [2.24, 2.45) is 0 Å². The minimum atomic E-state index is -4.14. The molecule has 2 aromatic carbocycles. The Morgan fingerprint density at radius 3 is 2.41 bits per heavy atom. The van der Waals surface area contributed by atoms with Gasteiger partial charge in [-0.1, -0.05) is 37.1 Å². The van der Waals surface area contributed by atoms with Crippen molar-refractivity contribution in [2.75, 3.05) is 0 Å². The Hall–Kier alpha value is -2.45. The molecule has 0 heterocycles. The van der Waals surface area contributed by atoms with Crippen molar-refractivity contribution in [3.8, 4) is 11.5 Å². The second kappa shape index (κ2) is 10.9. The Morgan fingerprint density at radius 1 is 1.12 bits per heavy atom. The Kier molecular flexibility index (Phi) is 8.81. The number of alkyl carbamates (subject to hydrolysis) is 1. The van der Waals surface area contributed by atoms with E-state index in [9.17, 15) is 13.2 Å². The van der Waals surface area contributed by atoms with Gasteiger partial charge in [-0.05, 0) is 63.9 Å². The van der Waals surface area contributed by atoms with E-state index in [1.807, 2.05) is 6.92 Å². The van der Waals surface area contributed by atoms with Gasteiger partial charge in [-0.15, -0.1) is 0 Å². The molecular weight excluding hydrogens is 454 g/mol. The third-order valence-electron chi connectivity index (χ3n) is 4.11. The number of amides is 1.